The van der Waals surface area contributed by atoms with Gasteiger partial charge in [-0.05, 0) is 66.2 Å². The quantitative estimate of drug-likeness (QED) is 0.481. The Morgan fingerprint density at radius 1 is 1.22 bits per heavy atom. The summed E-state index contributed by atoms with van der Waals surface area (Å²) in [6, 6.07) is 14.2. The highest BCUT2D eigenvalue weighted by Gasteiger charge is 2.24. The van der Waals surface area contributed by atoms with Crippen molar-refractivity contribution in [2.45, 2.75) is 13.3 Å². The van der Waals surface area contributed by atoms with Crippen LogP contribution >= 0.6 is 23.4 Å². The molecule has 32 heavy (non-hydrogen) atoms. The number of rotatable bonds is 6. The van der Waals surface area contributed by atoms with Crippen molar-refractivity contribution in [3.8, 4) is 0 Å². The number of aromatic nitrogens is 1. The monoisotopic (exact) mass is 486 g/mol. The number of nitrogens with zero attached hydrogens (tertiary/aromatic N) is 2. The van der Waals surface area contributed by atoms with E-state index in [2.05, 4.69) is 20.0 Å². The number of anilines is 1. The molecule has 1 aliphatic heterocycles. The zero-order chi connectivity index (χ0) is 22.7. The molecule has 4 rings (SSSR count). The molecule has 3 aromatic rings. The van der Waals surface area contributed by atoms with Gasteiger partial charge < -0.3 is 5.32 Å². The predicted octanol–water partition coefficient (Wildman–Crippen LogP) is 4.93. The Morgan fingerprint density at radius 3 is 2.88 bits per heavy atom. The summed E-state index contributed by atoms with van der Waals surface area (Å²) in [5.41, 5.74) is 2.46. The lowest BCUT2D eigenvalue weighted by Crippen LogP contribution is -2.19. The van der Waals surface area contributed by atoms with E-state index in [-0.39, 0.29) is 11.7 Å². The number of hydrogen-bond donors (Lipinski definition) is 2. The number of sulfonamides is 1. The number of hydrogen-bond acceptors (Lipinski definition) is 6. The lowest BCUT2D eigenvalue weighted by Gasteiger charge is -2.08. The van der Waals surface area contributed by atoms with E-state index >= 15 is 0 Å². The molecule has 1 saturated heterocycles. The zero-order valence-electron chi connectivity index (χ0n) is 17.0. The number of carbonyl (C=O) groups excluding carboxylic acids is 1. The third-order valence-corrected chi connectivity index (χ3v) is 7.21. The number of aliphatic imine (C=N–C) groups is 1. The van der Waals surface area contributed by atoms with E-state index in [0.717, 1.165) is 16.5 Å². The van der Waals surface area contributed by atoms with Crippen LogP contribution in [0.25, 0.3) is 17.0 Å². The van der Waals surface area contributed by atoms with Crippen molar-refractivity contribution in [2.75, 3.05) is 10.5 Å². The van der Waals surface area contributed by atoms with Crippen molar-refractivity contribution in [1.82, 2.24) is 10.3 Å². The fourth-order valence-electron chi connectivity index (χ4n) is 3.09. The van der Waals surface area contributed by atoms with Crippen molar-refractivity contribution in [1.29, 1.82) is 0 Å². The molecule has 164 valence electrons. The van der Waals surface area contributed by atoms with Gasteiger partial charge in [0.1, 0.15) is 0 Å². The Bertz CT molecular complexity index is 1370. The lowest BCUT2D eigenvalue weighted by molar-refractivity contribution is -0.115. The van der Waals surface area contributed by atoms with Crippen LogP contribution in [0.5, 0.6) is 0 Å². The molecule has 0 bridgehead atoms. The molecule has 0 unspecified atom stereocenters. The van der Waals surface area contributed by atoms with Crippen molar-refractivity contribution in [3.63, 3.8) is 0 Å². The number of pyridine rings is 1. The van der Waals surface area contributed by atoms with Gasteiger partial charge >= 0.3 is 0 Å². The van der Waals surface area contributed by atoms with Crippen LogP contribution in [0.15, 0.2) is 64.6 Å². The topological polar surface area (TPSA) is 101 Å². The third-order valence-electron chi connectivity index (χ3n) is 4.49. The van der Waals surface area contributed by atoms with Gasteiger partial charge in [-0.3, -0.25) is 14.5 Å². The average Bonchev–Trinajstić information content (AvgIpc) is 3.08. The first-order valence-electron chi connectivity index (χ1n) is 9.77. The van der Waals surface area contributed by atoms with E-state index in [1.807, 2.05) is 30.3 Å². The summed E-state index contributed by atoms with van der Waals surface area (Å²) in [4.78, 5) is 21.6. The molecule has 2 N–H and O–H groups in total. The fourth-order valence-corrected chi connectivity index (χ4v) is 5.21. The molecule has 0 spiro atoms. The Labute approximate surface area is 195 Å². The van der Waals surface area contributed by atoms with Gasteiger partial charge in [0.2, 0.25) is 10.0 Å². The SMILES string of the molecule is CCCS(=O)(=O)Nc1ccc(Cl)c(N=C2NC(=O)/C(=C\c3ccc4ncccc4c3)S2)c1. The molecule has 1 aliphatic rings. The summed E-state index contributed by atoms with van der Waals surface area (Å²) >= 11 is 7.43. The Hall–Kier alpha value is -2.88. The first-order chi connectivity index (χ1) is 15.3. The van der Waals surface area contributed by atoms with E-state index in [4.69, 9.17) is 11.6 Å². The molecule has 1 fully saturated rings. The van der Waals surface area contributed by atoms with E-state index in [1.165, 1.54) is 17.8 Å². The van der Waals surface area contributed by atoms with Gasteiger partial charge in [-0.15, -0.1) is 0 Å². The van der Waals surface area contributed by atoms with Gasteiger partial charge in [-0.1, -0.05) is 30.7 Å². The molecular weight excluding hydrogens is 468 g/mol. The molecule has 2 aromatic carbocycles. The van der Waals surface area contributed by atoms with E-state index < -0.39 is 10.0 Å². The second-order valence-corrected chi connectivity index (χ2v) is 10.3. The number of fused-ring (bicyclic) bond motifs is 1. The number of amidine groups is 1. The third kappa shape index (κ3) is 5.29. The van der Waals surface area contributed by atoms with E-state index in [9.17, 15) is 13.2 Å². The number of carbonyl (C=O) groups is 1. The molecule has 1 amide bonds. The lowest BCUT2D eigenvalue weighted by atomic mass is 10.1. The van der Waals surface area contributed by atoms with E-state index in [1.54, 1.807) is 31.3 Å². The van der Waals surface area contributed by atoms with Crippen LogP contribution in [0.3, 0.4) is 0 Å². The minimum atomic E-state index is -3.44. The van der Waals surface area contributed by atoms with E-state index in [0.29, 0.717) is 32.9 Å². The highest BCUT2D eigenvalue weighted by Crippen LogP contribution is 2.33. The smallest absolute Gasteiger partial charge is 0.264 e. The molecule has 2 heterocycles. The van der Waals surface area contributed by atoms with Gasteiger partial charge in [0.15, 0.2) is 5.17 Å². The van der Waals surface area contributed by atoms with Crippen LogP contribution in [0.4, 0.5) is 11.4 Å². The predicted molar refractivity (Wildman–Crippen MR) is 132 cm³/mol. The Balaban J connectivity index is 1.57. The highest BCUT2D eigenvalue weighted by molar-refractivity contribution is 8.18. The van der Waals surface area contributed by atoms with Gasteiger partial charge in [0, 0.05) is 11.6 Å². The van der Waals surface area contributed by atoms with Crippen molar-refractivity contribution >= 4 is 72.8 Å². The highest BCUT2D eigenvalue weighted by atomic mass is 35.5. The summed E-state index contributed by atoms with van der Waals surface area (Å²) in [7, 11) is -3.44. The number of amides is 1. The summed E-state index contributed by atoms with van der Waals surface area (Å²) in [6.07, 6.45) is 4.02. The van der Waals surface area contributed by atoms with Crippen LogP contribution in [-0.4, -0.2) is 30.2 Å². The molecule has 10 heteroatoms. The van der Waals surface area contributed by atoms with Crippen LogP contribution in [-0.2, 0) is 14.8 Å². The summed E-state index contributed by atoms with van der Waals surface area (Å²) in [5, 5.41) is 4.40. The maximum atomic E-state index is 12.4. The maximum Gasteiger partial charge on any atom is 0.264 e. The number of thioether (sulfide) groups is 1. The van der Waals surface area contributed by atoms with Crippen molar-refractivity contribution in [2.24, 2.45) is 4.99 Å². The van der Waals surface area contributed by atoms with Crippen LogP contribution < -0.4 is 10.0 Å². The summed E-state index contributed by atoms with van der Waals surface area (Å²) in [5.74, 6) is -0.249. The second kappa shape index (κ2) is 9.32. The number of benzene rings is 2. The Morgan fingerprint density at radius 2 is 2.06 bits per heavy atom. The number of nitrogens with one attached hydrogen (secondary N) is 2. The van der Waals surface area contributed by atoms with Gasteiger partial charge in [-0.25, -0.2) is 13.4 Å². The maximum absolute atomic E-state index is 12.4. The van der Waals surface area contributed by atoms with Gasteiger partial charge in [0.05, 0.1) is 32.6 Å². The fraction of sp³-hybridized carbons (Fsp3) is 0.136. The van der Waals surface area contributed by atoms with Crippen LogP contribution in [0.1, 0.15) is 18.9 Å². The molecule has 1 aromatic heterocycles. The van der Waals surface area contributed by atoms with Crippen LogP contribution in [0.2, 0.25) is 5.02 Å². The zero-order valence-corrected chi connectivity index (χ0v) is 19.4. The molecule has 0 saturated carbocycles. The van der Waals surface area contributed by atoms with Crippen molar-refractivity contribution < 1.29 is 13.2 Å². The average molecular weight is 487 g/mol. The molecular formula is C22H19ClN4O3S2. The minimum absolute atomic E-state index is 0.0182. The second-order valence-electron chi connectivity index (χ2n) is 7.02. The number of halogens is 1. The normalized spacial score (nSPS) is 16.6. The first kappa shape index (κ1) is 22.3. The van der Waals surface area contributed by atoms with Crippen molar-refractivity contribution in [3.05, 3.63) is 70.2 Å². The Kier molecular flexibility index (Phi) is 6.50. The minimum Gasteiger partial charge on any atom is -0.300 e. The van der Waals surface area contributed by atoms with Crippen LogP contribution in [0, 0.1) is 0 Å². The molecule has 0 atom stereocenters. The molecule has 0 aliphatic carbocycles. The molecule has 7 nitrogen and oxygen atoms in total. The van der Waals surface area contributed by atoms with Gasteiger partial charge in [-0.2, -0.15) is 0 Å². The first-order valence-corrected chi connectivity index (χ1v) is 12.6. The standard InChI is InChI=1S/C22H19ClN4O3S2/c1-2-10-32(29,30)27-16-6-7-17(23)19(13-16)25-22-26-21(28)20(31-22)12-14-5-8-18-15(11-14)4-3-9-24-18/h3-9,11-13,27H,2,10H2,1H3,(H,25,26,28)/b20-12+. The largest absolute Gasteiger partial charge is 0.300 e. The van der Waals surface area contributed by atoms with Gasteiger partial charge in [0.25, 0.3) is 5.91 Å². The summed E-state index contributed by atoms with van der Waals surface area (Å²) < 4.78 is 26.6. The molecule has 0 radical (unpaired) electrons. The summed E-state index contributed by atoms with van der Waals surface area (Å²) in [6.45, 7) is 1.79.